The molecule has 1 fully saturated rings. The largest absolute Gasteiger partial charge is 0.444 e. The average molecular weight is 548 g/mol. The molecule has 176 valence electrons. The number of pyridine rings is 1. The number of hydrogen-bond donors (Lipinski definition) is 3. The van der Waals surface area contributed by atoms with Gasteiger partial charge < -0.3 is 30.3 Å². The Balaban J connectivity index is 0.00000480. The summed E-state index contributed by atoms with van der Waals surface area (Å²) in [4.78, 5) is 23.2. The average Bonchev–Trinajstić information content (AvgIpc) is 2.71. The Labute approximate surface area is 202 Å². The van der Waals surface area contributed by atoms with Gasteiger partial charge in [-0.25, -0.2) is 14.8 Å². The monoisotopic (exact) mass is 548 g/mol. The van der Waals surface area contributed by atoms with Gasteiger partial charge in [0.15, 0.2) is 5.96 Å². The van der Waals surface area contributed by atoms with E-state index in [2.05, 4.69) is 31.9 Å². The van der Waals surface area contributed by atoms with Crippen LogP contribution in [0.2, 0.25) is 0 Å². The van der Waals surface area contributed by atoms with Crippen LogP contribution < -0.4 is 20.9 Å². The fourth-order valence-corrected chi connectivity index (χ4v) is 2.92. The lowest BCUT2D eigenvalue weighted by Gasteiger charge is -2.29. The molecule has 1 aromatic rings. The summed E-state index contributed by atoms with van der Waals surface area (Å²) < 4.78 is 10.7. The van der Waals surface area contributed by atoms with E-state index in [1.807, 2.05) is 40.0 Å². The third-order valence-electron chi connectivity index (χ3n) is 4.24. The number of aromatic nitrogens is 1. The molecule has 0 aliphatic carbocycles. The van der Waals surface area contributed by atoms with E-state index in [0.29, 0.717) is 19.6 Å². The number of ether oxygens (including phenoxy) is 2. The topological polar surface area (TPSA) is 100 Å². The van der Waals surface area contributed by atoms with Gasteiger partial charge in [-0.3, -0.25) is 0 Å². The number of morpholine rings is 1. The van der Waals surface area contributed by atoms with Crippen LogP contribution in [-0.2, 0) is 16.0 Å². The predicted octanol–water partition coefficient (Wildman–Crippen LogP) is 2.51. The summed E-state index contributed by atoms with van der Waals surface area (Å²) in [6, 6.07) is 4.01. The highest BCUT2D eigenvalue weighted by atomic mass is 127. The van der Waals surface area contributed by atoms with Gasteiger partial charge in [-0.1, -0.05) is 6.07 Å². The van der Waals surface area contributed by atoms with E-state index in [0.717, 1.165) is 56.6 Å². The molecule has 2 heterocycles. The fourth-order valence-electron chi connectivity index (χ4n) is 2.92. The Hall–Kier alpha value is -1.82. The molecule has 0 spiro atoms. The van der Waals surface area contributed by atoms with Crippen molar-refractivity contribution in [3.8, 4) is 0 Å². The highest BCUT2D eigenvalue weighted by molar-refractivity contribution is 14.0. The number of alkyl carbamates (subject to hydrolysis) is 1. The van der Waals surface area contributed by atoms with Gasteiger partial charge >= 0.3 is 6.09 Å². The molecule has 1 amide bonds. The molecule has 0 atom stereocenters. The summed E-state index contributed by atoms with van der Waals surface area (Å²) >= 11 is 0. The molecule has 0 aromatic carbocycles. The molecule has 0 bridgehead atoms. The number of amides is 1. The third-order valence-corrected chi connectivity index (χ3v) is 4.24. The summed E-state index contributed by atoms with van der Waals surface area (Å²) in [5, 5.41) is 9.32. The number of guanidine groups is 1. The first-order valence-electron chi connectivity index (χ1n) is 10.6. The van der Waals surface area contributed by atoms with Crippen molar-refractivity contribution in [2.45, 2.75) is 46.3 Å². The zero-order valence-corrected chi connectivity index (χ0v) is 21.4. The quantitative estimate of drug-likeness (QED) is 0.199. The van der Waals surface area contributed by atoms with Crippen LogP contribution in [0.1, 0.15) is 39.7 Å². The Morgan fingerprint density at radius 2 is 1.94 bits per heavy atom. The van der Waals surface area contributed by atoms with Gasteiger partial charge in [-0.2, -0.15) is 0 Å². The van der Waals surface area contributed by atoms with Crippen molar-refractivity contribution in [3.05, 3.63) is 23.9 Å². The van der Waals surface area contributed by atoms with E-state index in [4.69, 9.17) is 14.5 Å². The summed E-state index contributed by atoms with van der Waals surface area (Å²) in [5.41, 5.74) is 0.600. The number of carbonyl (C=O) groups excluding carboxylic acids is 1. The number of aliphatic imine (C=N–C) groups is 1. The molecule has 1 aliphatic rings. The highest BCUT2D eigenvalue weighted by Gasteiger charge is 2.16. The molecule has 2 rings (SSSR count). The lowest BCUT2D eigenvalue weighted by Crippen LogP contribution is -2.39. The molecule has 0 saturated carbocycles. The molecule has 9 nitrogen and oxygen atoms in total. The minimum Gasteiger partial charge on any atom is -0.444 e. The van der Waals surface area contributed by atoms with Crippen LogP contribution in [0.15, 0.2) is 23.3 Å². The maximum absolute atomic E-state index is 11.7. The van der Waals surface area contributed by atoms with Crippen molar-refractivity contribution < 1.29 is 14.3 Å². The number of hydrogen-bond acceptors (Lipinski definition) is 6. The summed E-state index contributed by atoms with van der Waals surface area (Å²) in [5.74, 6) is 1.72. The first kappa shape index (κ1) is 27.2. The van der Waals surface area contributed by atoms with E-state index in [1.54, 1.807) is 0 Å². The first-order valence-corrected chi connectivity index (χ1v) is 10.6. The molecule has 1 saturated heterocycles. The van der Waals surface area contributed by atoms with Crippen LogP contribution in [0.25, 0.3) is 0 Å². The van der Waals surface area contributed by atoms with Gasteiger partial charge in [0.2, 0.25) is 0 Å². The van der Waals surface area contributed by atoms with E-state index < -0.39 is 11.7 Å². The Morgan fingerprint density at radius 1 is 1.23 bits per heavy atom. The number of anilines is 1. The maximum Gasteiger partial charge on any atom is 0.407 e. The highest BCUT2D eigenvalue weighted by Crippen LogP contribution is 2.19. The standard InChI is InChI=1S/C21H36N6O3.HI/c1-5-22-19(24-10-7-11-25-20(28)30-21(2,3)4)26-16-17-8-6-9-23-18(17)27-12-14-29-15-13-27;/h6,8-9H,5,7,10-16H2,1-4H3,(H,25,28)(H2,22,24,26);1H. The molecule has 31 heavy (non-hydrogen) atoms. The minimum atomic E-state index is -0.487. The number of nitrogens with one attached hydrogen (secondary N) is 3. The Morgan fingerprint density at radius 3 is 2.61 bits per heavy atom. The smallest absolute Gasteiger partial charge is 0.407 e. The number of halogens is 1. The van der Waals surface area contributed by atoms with E-state index >= 15 is 0 Å². The van der Waals surface area contributed by atoms with Crippen molar-refractivity contribution in [2.24, 2.45) is 4.99 Å². The van der Waals surface area contributed by atoms with Crippen LogP contribution in [0.4, 0.5) is 10.6 Å². The van der Waals surface area contributed by atoms with Crippen molar-refractivity contribution in [1.82, 2.24) is 20.9 Å². The van der Waals surface area contributed by atoms with Crippen LogP contribution >= 0.6 is 24.0 Å². The van der Waals surface area contributed by atoms with E-state index in [-0.39, 0.29) is 24.0 Å². The molecule has 0 unspecified atom stereocenters. The summed E-state index contributed by atoms with van der Waals surface area (Å²) in [6.45, 7) is 13.2. The molecule has 1 aliphatic heterocycles. The van der Waals surface area contributed by atoms with Crippen LogP contribution in [0, 0.1) is 0 Å². The van der Waals surface area contributed by atoms with Crippen molar-refractivity contribution >= 4 is 41.8 Å². The third kappa shape index (κ3) is 10.9. The summed E-state index contributed by atoms with van der Waals surface area (Å²) in [6.07, 6.45) is 2.18. The molecular formula is C21H37IN6O3. The SMILES string of the molecule is CCNC(=NCc1cccnc1N1CCOCC1)NCCCNC(=O)OC(C)(C)C.I. The lowest BCUT2D eigenvalue weighted by molar-refractivity contribution is 0.0527. The van der Waals surface area contributed by atoms with Crippen molar-refractivity contribution in [3.63, 3.8) is 0 Å². The van der Waals surface area contributed by atoms with Gasteiger partial charge in [0.25, 0.3) is 0 Å². The number of rotatable bonds is 8. The summed E-state index contributed by atoms with van der Waals surface area (Å²) in [7, 11) is 0. The fraction of sp³-hybridized carbons (Fsp3) is 0.667. The molecule has 1 aromatic heterocycles. The second-order valence-corrected chi connectivity index (χ2v) is 7.99. The van der Waals surface area contributed by atoms with Gasteiger partial charge in [-0.15, -0.1) is 24.0 Å². The Bertz CT molecular complexity index is 690. The van der Waals surface area contributed by atoms with Crippen LogP contribution in [-0.4, -0.2) is 68.6 Å². The zero-order valence-electron chi connectivity index (χ0n) is 19.1. The van der Waals surface area contributed by atoms with Gasteiger partial charge in [0.1, 0.15) is 11.4 Å². The molecule has 10 heteroatoms. The number of carbonyl (C=O) groups is 1. The van der Waals surface area contributed by atoms with Crippen molar-refractivity contribution in [1.29, 1.82) is 0 Å². The first-order chi connectivity index (χ1) is 14.4. The second-order valence-electron chi connectivity index (χ2n) is 7.99. The number of nitrogens with zero attached hydrogens (tertiary/aromatic N) is 3. The van der Waals surface area contributed by atoms with Gasteiger partial charge in [-0.05, 0) is 40.2 Å². The maximum atomic E-state index is 11.7. The molecule has 3 N–H and O–H groups in total. The van der Waals surface area contributed by atoms with Gasteiger partial charge in [0.05, 0.1) is 19.8 Å². The normalized spacial score (nSPS) is 14.5. The molecular weight excluding hydrogens is 511 g/mol. The van der Waals surface area contributed by atoms with E-state index in [1.165, 1.54) is 0 Å². The van der Waals surface area contributed by atoms with Crippen LogP contribution in [0.3, 0.4) is 0 Å². The Kier molecular flexibility index (Phi) is 12.5. The van der Waals surface area contributed by atoms with E-state index in [9.17, 15) is 4.79 Å². The second kappa shape index (κ2) is 14.3. The van der Waals surface area contributed by atoms with Crippen LogP contribution in [0.5, 0.6) is 0 Å². The van der Waals surface area contributed by atoms with Gasteiger partial charge in [0, 0.05) is 44.5 Å². The predicted molar refractivity (Wildman–Crippen MR) is 134 cm³/mol. The molecule has 0 radical (unpaired) electrons. The zero-order chi connectivity index (χ0) is 21.8. The lowest BCUT2D eigenvalue weighted by atomic mass is 10.2. The van der Waals surface area contributed by atoms with Crippen molar-refractivity contribution in [2.75, 3.05) is 50.8 Å². The minimum absolute atomic E-state index is 0.